The number of benzene rings is 1. The summed E-state index contributed by atoms with van der Waals surface area (Å²) in [5.41, 5.74) is 1.70. The second-order valence-electron chi connectivity index (χ2n) is 6.64. The molecule has 4 nitrogen and oxygen atoms in total. The van der Waals surface area contributed by atoms with Gasteiger partial charge in [0.25, 0.3) is 0 Å². The van der Waals surface area contributed by atoms with Gasteiger partial charge in [0.15, 0.2) is 0 Å². The van der Waals surface area contributed by atoms with Crippen LogP contribution >= 0.6 is 11.3 Å². The normalized spacial score (nSPS) is 14.7. The molecule has 0 fully saturated rings. The van der Waals surface area contributed by atoms with Gasteiger partial charge >= 0.3 is 0 Å². The van der Waals surface area contributed by atoms with E-state index < -0.39 is 0 Å². The fourth-order valence-electron chi connectivity index (χ4n) is 3.25. The second kappa shape index (κ2) is 7.99. The van der Waals surface area contributed by atoms with E-state index in [1.165, 1.54) is 21.4 Å². The van der Waals surface area contributed by atoms with Crippen molar-refractivity contribution >= 4 is 23.2 Å². The van der Waals surface area contributed by atoms with Crippen molar-refractivity contribution in [1.29, 1.82) is 0 Å². The summed E-state index contributed by atoms with van der Waals surface area (Å²) in [4.78, 5) is 29.6. The molecule has 1 aliphatic rings. The Morgan fingerprint density at radius 1 is 1.27 bits per heavy atom. The standard InChI is InChI=1S/C20H23FN2O2S/c1-14(16-5-3-4-6-17(16)21)22(2)19(24)7-8-20(25)23-11-9-18-15(13-23)10-12-26-18/h3-6,10,12,14H,7-9,11,13H2,1-2H3. The Morgan fingerprint density at radius 3 is 2.81 bits per heavy atom. The van der Waals surface area contributed by atoms with Crippen molar-refractivity contribution in [3.63, 3.8) is 0 Å². The van der Waals surface area contributed by atoms with Gasteiger partial charge in [-0.3, -0.25) is 9.59 Å². The molecule has 2 amide bonds. The minimum absolute atomic E-state index is 0.00199. The summed E-state index contributed by atoms with van der Waals surface area (Å²) in [5.74, 6) is -0.472. The van der Waals surface area contributed by atoms with Gasteiger partial charge < -0.3 is 9.80 Å². The molecule has 6 heteroatoms. The van der Waals surface area contributed by atoms with E-state index in [-0.39, 0.29) is 36.5 Å². The number of hydrogen-bond donors (Lipinski definition) is 0. The lowest BCUT2D eigenvalue weighted by molar-refractivity contribution is -0.137. The van der Waals surface area contributed by atoms with Crippen molar-refractivity contribution in [2.45, 2.75) is 38.8 Å². The van der Waals surface area contributed by atoms with Crippen molar-refractivity contribution in [2.24, 2.45) is 0 Å². The first kappa shape index (κ1) is 18.6. The van der Waals surface area contributed by atoms with Crippen LogP contribution in [0.5, 0.6) is 0 Å². The first-order valence-corrected chi connectivity index (χ1v) is 9.68. The van der Waals surface area contributed by atoms with E-state index in [0.29, 0.717) is 18.7 Å². The minimum Gasteiger partial charge on any atom is -0.339 e. The third kappa shape index (κ3) is 3.96. The number of amides is 2. The van der Waals surface area contributed by atoms with Crippen molar-refractivity contribution in [3.8, 4) is 0 Å². The lowest BCUT2D eigenvalue weighted by atomic mass is 10.1. The summed E-state index contributed by atoms with van der Waals surface area (Å²) in [6.45, 7) is 3.14. The number of rotatable bonds is 5. The molecule has 0 N–H and O–H groups in total. The average molecular weight is 374 g/mol. The third-order valence-electron chi connectivity index (χ3n) is 5.04. The second-order valence-corrected chi connectivity index (χ2v) is 7.64. The molecule has 0 spiro atoms. The zero-order chi connectivity index (χ0) is 18.7. The summed E-state index contributed by atoms with van der Waals surface area (Å²) in [7, 11) is 1.66. The molecule has 1 atom stereocenters. The Labute approximate surface area is 157 Å². The Kier molecular flexibility index (Phi) is 5.71. The first-order valence-electron chi connectivity index (χ1n) is 8.80. The minimum atomic E-state index is -0.373. The molecule has 3 rings (SSSR count). The summed E-state index contributed by atoms with van der Waals surface area (Å²) in [6.07, 6.45) is 1.21. The molecule has 0 saturated carbocycles. The Hall–Kier alpha value is -2.21. The van der Waals surface area contributed by atoms with E-state index in [1.807, 2.05) is 4.90 Å². The number of thiophene rings is 1. The summed E-state index contributed by atoms with van der Waals surface area (Å²) < 4.78 is 13.9. The van der Waals surface area contributed by atoms with Gasteiger partial charge in [0, 0.05) is 43.4 Å². The highest BCUT2D eigenvalue weighted by atomic mass is 32.1. The Balaban J connectivity index is 1.53. The lowest BCUT2D eigenvalue weighted by Gasteiger charge is -2.28. The number of nitrogens with zero attached hydrogens (tertiary/aromatic N) is 2. The zero-order valence-electron chi connectivity index (χ0n) is 15.1. The highest BCUT2D eigenvalue weighted by molar-refractivity contribution is 7.10. The van der Waals surface area contributed by atoms with Crippen LogP contribution in [0.2, 0.25) is 0 Å². The van der Waals surface area contributed by atoms with E-state index in [4.69, 9.17) is 0 Å². The van der Waals surface area contributed by atoms with Gasteiger partial charge in [0.1, 0.15) is 5.82 Å². The molecule has 0 radical (unpaired) electrons. The van der Waals surface area contributed by atoms with Crippen LogP contribution in [0.15, 0.2) is 35.7 Å². The summed E-state index contributed by atoms with van der Waals surface area (Å²) >= 11 is 1.73. The third-order valence-corrected chi connectivity index (χ3v) is 6.07. The van der Waals surface area contributed by atoms with E-state index in [1.54, 1.807) is 43.5 Å². The number of carbonyl (C=O) groups excluding carboxylic acids is 2. The number of carbonyl (C=O) groups is 2. The Morgan fingerprint density at radius 2 is 2.04 bits per heavy atom. The maximum absolute atomic E-state index is 13.9. The van der Waals surface area contributed by atoms with Crippen LogP contribution in [0.1, 0.15) is 41.8 Å². The maximum atomic E-state index is 13.9. The van der Waals surface area contributed by atoms with Crippen LogP contribution in [-0.4, -0.2) is 35.2 Å². The van der Waals surface area contributed by atoms with Crippen molar-refractivity contribution in [2.75, 3.05) is 13.6 Å². The quantitative estimate of drug-likeness (QED) is 0.799. The molecular formula is C20H23FN2O2S. The van der Waals surface area contributed by atoms with Crippen molar-refractivity contribution < 1.29 is 14.0 Å². The van der Waals surface area contributed by atoms with Crippen molar-refractivity contribution in [1.82, 2.24) is 9.80 Å². The molecule has 1 aromatic heterocycles. The molecule has 0 aliphatic carbocycles. The average Bonchev–Trinajstić information content (AvgIpc) is 3.12. The van der Waals surface area contributed by atoms with Crippen LogP contribution in [0.3, 0.4) is 0 Å². The number of hydrogen-bond acceptors (Lipinski definition) is 3. The predicted molar refractivity (Wildman–Crippen MR) is 100 cm³/mol. The van der Waals surface area contributed by atoms with E-state index in [0.717, 1.165) is 6.42 Å². The lowest BCUT2D eigenvalue weighted by Crippen LogP contribution is -2.36. The van der Waals surface area contributed by atoms with Gasteiger partial charge in [-0.05, 0) is 36.4 Å². The molecule has 0 bridgehead atoms. The molecule has 1 aliphatic heterocycles. The van der Waals surface area contributed by atoms with Crippen LogP contribution in [0.25, 0.3) is 0 Å². The van der Waals surface area contributed by atoms with Gasteiger partial charge in [-0.25, -0.2) is 4.39 Å². The molecular weight excluding hydrogens is 351 g/mol. The largest absolute Gasteiger partial charge is 0.339 e. The summed E-state index contributed by atoms with van der Waals surface area (Å²) in [6, 6.07) is 8.15. The van der Waals surface area contributed by atoms with E-state index in [2.05, 4.69) is 11.4 Å². The van der Waals surface area contributed by atoms with Gasteiger partial charge in [0.2, 0.25) is 11.8 Å². The van der Waals surface area contributed by atoms with Gasteiger partial charge in [-0.1, -0.05) is 18.2 Å². The molecule has 1 aromatic carbocycles. The molecule has 2 heterocycles. The molecule has 138 valence electrons. The SMILES string of the molecule is CC(c1ccccc1F)N(C)C(=O)CCC(=O)N1CCc2sccc2C1. The molecule has 0 saturated heterocycles. The Bertz CT molecular complexity index is 805. The predicted octanol–water partition coefficient (Wildman–Crippen LogP) is 3.77. The van der Waals surface area contributed by atoms with Gasteiger partial charge in [0.05, 0.1) is 6.04 Å². The maximum Gasteiger partial charge on any atom is 0.223 e. The highest BCUT2D eigenvalue weighted by Crippen LogP contribution is 2.25. The van der Waals surface area contributed by atoms with Gasteiger partial charge in [-0.15, -0.1) is 11.3 Å². The zero-order valence-corrected chi connectivity index (χ0v) is 15.9. The van der Waals surface area contributed by atoms with Crippen LogP contribution in [-0.2, 0) is 22.6 Å². The fraction of sp³-hybridized carbons (Fsp3) is 0.400. The van der Waals surface area contributed by atoms with E-state index >= 15 is 0 Å². The first-order chi connectivity index (χ1) is 12.5. The van der Waals surface area contributed by atoms with Crippen LogP contribution in [0.4, 0.5) is 4.39 Å². The fourth-order valence-corrected chi connectivity index (χ4v) is 4.14. The molecule has 26 heavy (non-hydrogen) atoms. The van der Waals surface area contributed by atoms with E-state index in [9.17, 15) is 14.0 Å². The van der Waals surface area contributed by atoms with Crippen LogP contribution in [0, 0.1) is 5.82 Å². The molecule has 1 unspecified atom stereocenters. The highest BCUT2D eigenvalue weighted by Gasteiger charge is 2.24. The van der Waals surface area contributed by atoms with Crippen LogP contribution < -0.4 is 0 Å². The smallest absolute Gasteiger partial charge is 0.223 e. The number of fused-ring (bicyclic) bond motifs is 1. The number of halogens is 1. The summed E-state index contributed by atoms with van der Waals surface area (Å²) in [5, 5.41) is 2.06. The van der Waals surface area contributed by atoms with Gasteiger partial charge in [-0.2, -0.15) is 0 Å². The van der Waals surface area contributed by atoms with Crippen molar-refractivity contribution in [3.05, 3.63) is 57.5 Å². The molecule has 2 aromatic rings. The topological polar surface area (TPSA) is 40.6 Å². The monoisotopic (exact) mass is 374 g/mol.